The molecule has 0 saturated carbocycles. The van der Waals surface area contributed by atoms with Gasteiger partial charge in [0.25, 0.3) is 5.91 Å². The number of pyridine rings is 1. The number of hydrogen-bond donors (Lipinski definition) is 0. The van der Waals surface area contributed by atoms with Crippen LogP contribution in [0.15, 0.2) is 48.9 Å². The number of anilines is 1. The second-order valence-electron chi connectivity index (χ2n) is 5.94. The predicted molar refractivity (Wildman–Crippen MR) is 100 cm³/mol. The Bertz CT molecular complexity index is 942. The van der Waals surface area contributed by atoms with Crippen LogP contribution >= 0.6 is 11.3 Å². The normalized spacial score (nSPS) is 15.9. The number of ether oxygens (including phenoxy) is 2. The molecule has 0 saturated heterocycles. The molecule has 132 valence electrons. The van der Waals surface area contributed by atoms with E-state index in [0.29, 0.717) is 28.6 Å². The number of carbonyl (C=O) groups is 1. The Morgan fingerprint density at radius 1 is 1.31 bits per heavy atom. The van der Waals surface area contributed by atoms with Gasteiger partial charge in [-0.05, 0) is 31.2 Å². The molecule has 1 atom stereocenters. The minimum atomic E-state index is -0.0903. The summed E-state index contributed by atoms with van der Waals surface area (Å²) in [7, 11) is 1.60. The minimum absolute atomic E-state index is 0.0903. The molecule has 26 heavy (non-hydrogen) atoms. The highest BCUT2D eigenvalue weighted by Crippen LogP contribution is 2.38. The number of methoxy groups -OCH3 is 1. The second kappa shape index (κ2) is 6.76. The van der Waals surface area contributed by atoms with Gasteiger partial charge >= 0.3 is 0 Å². The number of rotatable bonds is 3. The third kappa shape index (κ3) is 3.01. The Labute approximate surface area is 155 Å². The van der Waals surface area contributed by atoms with Gasteiger partial charge in [-0.3, -0.25) is 9.78 Å². The molecule has 0 bridgehead atoms. The minimum Gasteiger partial charge on any atom is -0.497 e. The maximum absolute atomic E-state index is 13.1. The summed E-state index contributed by atoms with van der Waals surface area (Å²) in [5.41, 5.74) is 1.66. The van der Waals surface area contributed by atoms with Gasteiger partial charge in [-0.1, -0.05) is 0 Å². The Morgan fingerprint density at radius 3 is 2.88 bits per heavy atom. The smallest absolute Gasteiger partial charge is 0.270 e. The summed E-state index contributed by atoms with van der Waals surface area (Å²) in [5.74, 6) is 1.27. The van der Waals surface area contributed by atoms with E-state index < -0.39 is 0 Å². The third-order valence-corrected chi connectivity index (χ3v) is 5.15. The number of nitrogens with zero attached hydrogens (tertiary/aromatic N) is 3. The van der Waals surface area contributed by atoms with Gasteiger partial charge in [0, 0.05) is 24.0 Å². The van der Waals surface area contributed by atoms with Crippen molar-refractivity contribution in [3.63, 3.8) is 0 Å². The van der Waals surface area contributed by atoms with E-state index in [4.69, 9.17) is 9.47 Å². The number of fused-ring (bicyclic) bond motifs is 1. The van der Waals surface area contributed by atoms with Crippen molar-refractivity contribution in [1.82, 2.24) is 9.97 Å². The number of thiazole rings is 1. The monoisotopic (exact) mass is 367 g/mol. The Morgan fingerprint density at radius 2 is 2.12 bits per heavy atom. The Hall–Kier alpha value is -2.93. The van der Waals surface area contributed by atoms with Crippen molar-refractivity contribution >= 4 is 22.9 Å². The molecule has 7 heteroatoms. The van der Waals surface area contributed by atoms with Gasteiger partial charge in [-0.2, -0.15) is 0 Å². The first-order chi connectivity index (χ1) is 12.7. The van der Waals surface area contributed by atoms with E-state index in [1.807, 2.05) is 37.3 Å². The van der Waals surface area contributed by atoms with E-state index in [1.165, 1.54) is 11.3 Å². The topological polar surface area (TPSA) is 64.5 Å². The summed E-state index contributed by atoms with van der Waals surface area (Å²) >= 11 is 1.37. The number of carbonyl (C=O) groups excluding carboxylic acids is 1. The molecule has 0 aliphatic carbocycles. The average molecular weight is 367 g/mol. The molecule has 0 unspecified atom stereocenters. The maximum atomic E-state index is 13.1. The molecule has 1 amide bonds. The third-order valence-electron chi connectivity index (χ3n) is 4.11. The quantitative estimate of drug-likeness (QED) is 0.707. The predicted octanol–water partition coefficient (Wildman–Crippen LogP) is 3.64. The molecule has 0 spiro atoms. The lowest BCUT2D eigenvalue weighted by Gasteiger charge is -2.33. The molecular weight excluding hydrogens is 350 g/mol. The molecule has 3 aromatic rings. The standard InChI is InChI=1S/C19H17N3O3S/c1-12-11-22(15-9-14(24-2)3-4-16(15)25-12)19(23)17-10-21-18(26-17)13-5-7-20-8-6-13/h3-10,12H,11H2,1-2H3/t12-/m1/s1. The second-order valence-corrected chi connectivity index (χ2v) is 6.97. The van der Waals surface area contributed by atoms with Crippen LogP contribution in [0.25, 0.3) is 10.6 Å². The van der Waals surface area contributed by atoms with Crippen molar-refractivity contribution in [2.24, 2.45) is 0 Å². The zero-order chi connectivity index (χ0) is 18.1. The summed E-state index contributed by atoms with van der Waals surface area (Å²) in [6.45, 7) is 2.42. The lowest BCUT2D eigenvalue weighted by Crippen LogP contribution is -2.42. The SMILES string of the molecule is COc1ccc2c(c1)N(C(=O)c1cnc(-c3ccncc3)s1)C[C@@H](C)O2. The van der Waals surface area contributed by atoms with Gasteiger partial charge in [-0.25, -0.2) is 4.98 Å². The van der Waals surface area contributed by atoms with Crippen LogP contribution in [0.3, 0.4) is 0 Å². The highest BCUT2D eigenvalue weighted by atomic mass is 32.1. The van der Waals surface area contributed by atoms with Gasteiger partial charge in [-0.15, -0.1) is 11.3 Å². The summed E-state index contributed by atoms with van der Waals surface area (Å²) in [4.78, 5) is 23.9. The summed E-state index contributed by atoms with van der Waals surface area (Å²) in [6.07, 6.45) is 4.96. The molecular formula is C19H17N3O3S. The van der Waals surface area contributed by atoms with Crippen molar-refractivity contribution in [1.29, 1.82) is 0 Å². The van der Waals surface area contributed by atoms with Gasteiger partial charge in [0.1, 0.15) is 27.5 Å². The Kier molecular flexibility index (Phi) is 4.30. The number of hydrogen-bond acceptors (Lipinski definition) is 6. The van der Waals surface area contributed by atoms with E-state index >= 15 is 0 Å². The highest BCUT2D eigenvalue weighted by Gasteiger charge is 2.30. The lowest BCUT2D eigenvalue weighted by molar-refractivity contribution is 0.0964. The first-order valence-electron chi connectivity index (χ1n) is 8.18. The van der Waals surface area contributed by atoms with E-state index in [-0.39, 0.29) is 12.0 Å². The number of amides is 1. The molecule has 1 aliphatic rings. The molecule has 6 nitrogen and oxygen atoms in total. The fourth-order valence-electron chi connectivity index (χ4n) is 2.87. The van der Waals surface area contributed by atoms with Crippen LogP contribution in [-0.2, 0) is 0 Å². The molecule has 2 aromatic heterocycles. The van der Waals surface area contributed by atoms with E-state index in [1.54, 1.807) is 30.6 Å². The zero-order valence-corrected chi connectivity index (χ0v) is 15.2. The summed E-state index contributed by atoms with van der Waals surface area (Å²) < 4.78 is 11.1. The van der Waals surface area contributed by atoms with E-state index in [0.717, 1.165) is 10.6 Å². The van der Waals surface area contributed by atoms with E-state index in [9.17, 15) is 4.79 Å². The van der Waals surface area contributed by atoms with Gasteiger partial charge in [0.2, 0.25) is 0 Å². The summed E-state index contributed by atoms with van der Waals surface area (Å²) in [6, 6.07) is 9.24. The number of aromatic nitrogens is 2. The molecule has 4 rings (SSSR count). The zero-order valence-electron chi connectivity index (χ0n) is 14.4. The van der Waals surface area contributed by atoms with Crippen molar-refractivity contribution < 1.29 is 14.3 Å². The van der Waals surface area contributed by atoms with E-state index in [2.05, 4.69) is 9.97 Å². The molecule has 0 radical (unpaired) electrons. The average Bonchev–Trinajstić information content (AvgIpc) is 3.17. The van der Waals surface area contributed by atoms with Crippen LogP contribution in [0.1, 0.15) is 16.6 Å². The van der Waals surface area contributed by atoms with Gasteiger partial charge in [0.05, 0.1) is 25.5 Å². The van der Waals surface area contributed by atoms with Crippen molar-refractivity contribution in [3.05, 3.63) is 53.8 Å². The van der Waals surface area contributed by atoms with Gasteiger partial charge < -0.3 is 14.4 Å². The largest absolute Gasteiger partial charge is 0.497 e. The Balaban J connectivity index is 1.68. The molecule has 3 heterocycles. The summed E-state index contributed by atoms with van der Waals surface area (Å²) in [5, 5.41) is 0.794. The van der Waals surface area contributed by atoms with Gasteiger partial charge in [0.15, 0.2) is 0 Å². The van der Waals surface area contributed by atoms with Crippen LogP contribution in [0, 0.1) is 0 Å². The molecule has 0 N–H and O–H groups in total. The van der Waals surface area contributed by atoms with Crippen molar-refractivity contribution in [3.8, 4) is 22.1 Å². The maximum Gasteiger partial charge on any atom is 0.270 e. The highest BCUT2D eigenvalue weighted by molar-refractivity contribution is 7.17. The first-order valence-corrected chi connectivity index (χ1v) is 9.00. The first kappa shape index (κ1) is 16.5. The van der Waals surface area contributed by atoms with Crippen LogP contribution in [0.5, 0.6) is 11.5 Å². The fraction of sp³-hybridized carbons (Fsp3) is 0.211. The molecule has 0 fully saturated rings. The molecule has 1 aromatic carbocycles. The van der Waals surface area contributed by atoms with Crippen LogP contribution in [0.4, 0.5) is 5.69 Å². The van der Waals surface area contributed by atoms with Crippen molar-refractivity contribution in [2.45, 2.75) is 13.0 Å². The van der Waals surface area contributed by atoms with Crippen LogP contribution in [0.2, 0.25) is 0 Å². The molecule has 1 aliphatic heterocycles. The number of benzene rings is 1. The van der Waals surface area contributed by atoms with Crippen LogP contribution in [-0.4, -0.2) is 35.6 Å². The fourth-order valence-corrected chi connectivity index (χ4v) is 3.74. The van der Waals surface area contributed by atoms with Crippen molar-refractivity contribution in [2.75, 3.05) is 18.6 Å². The van der Waals surface area contributed by atoms with Crippen LogP contribution < -0.4 is 14.4 Å². The lowest BCUT2D eigenvalue weighted by atomic mass is 10.2.